The van der Waals surface area contributed by atoms with Crippen LogP contribution >= 0.6 is 0 Å². The molecule has 0 bridgehead atoms. The van der Waals surface area contributed by atoms with E-state index in [4.69, 9.17) is 0 Å². The highest BCUT2D eigenvalue weighted by Crippen LogP contribution is 2.30. The molecule has 0 spiro atoms. The van der Waals surface area contributed by atoms with E-state index < -0.39 is 0 Å². The molecule has 1 atom stereocenters. The van der Waals surface area contributed by atoms with E-state index in [-0.39, 0.29) is 24.2 Å². The number of amides is 1. The average Bonchev–Trinajstić information content (AvgIpc) is 3.11. The van der Waals surface area contributed by atoms with E-state index in [1.807, 2.05) is 27.8 Å². The molecular weight excluding hydrogens is 319 g/mol. The number of hydrogen-bond donors (Lipinski definition) is 0. The molecular formula is C19H19FN4O. The minimum Gasteiger partial charge on any atom is -0.334 e. The minimum absolute atomic E-state index is 0.0246. The normalized spacial score (nSPS) is 17.8. The molecule has 0 saturated carbocycles. The highest BCUT2D eigenvalue weighted by Gasteiger charge is 2.29. The van der Waals surface area contributed by atoms with Crippen molar-refractivity contribution in [2.24, 2.45) is 0 Å². The maximum atomic E-state index is 13.1. The van der Waals surface area contributed by atoms with E-state index in [9.17, 15) is 9.18 Å². The molecule has 0 aliphatic carbocycles. The number of imidazole rings is 1. The summed E-state index contributed by atoms with van der Waals surface area (Å²) in [4.78, 5) is 23.6. The second kappa shape index (κ2) is 6.63. The third-order valence-electron chi connectivity index (χ3n) is 4.72. The maximum Gasteiger partial charge on any atom is 0.233 e. The summed E-state index contributed by atoms with van der Waals surface area (Å²) >= 11 is 0. The van der Waals surface area contributed by atoms with Crippen LogP contribution in [0.3, 0.4) is 0 Å². The summed E-state index contributed by atoms with van der Waals surface area (Å²) in [5.41, 5.74) is 1.71. The lowest BCUT2D eigenvalue weighted by molar-refractivity contribution is -0.134. The molecule has 1 fully saturated rings. The van der Waals surface area contributed by atoms with E-state index in [1.54, 1.807) is 18.3 Å². The van der Waals surface area contributed by atoms with Gasteiger partial charge >= 0.3 is 0 Å². The highest BCUT2D eigenvalue weighted by molar-refractivity contribution is 5.79. The molecule has 0 unspecified atom stereocenters. The molecule has 5 nitrogen and oxygen atoms in total. The van der Waals surface area contributed by atoms with Crippen LogP contribution in [0, 0.1) is 5.82 Å². The zero-order valence-electron chi connectivity index (χ0n) is 13.8. The summed E-state index contributed by atoms with van der Waals surface area (Å²) in [7, 11) is 0. The molecule has 1 aliphatic rings. The van der Waals surface area contributed by atoms with E-state index >= 15 is 0 Å². The van der Waals surface area contributed by atoms with Crippen LogP contribution < -0.4 is 0 Å². The van der Waals surface area contributed by atoms with E-state index in [0.29, 0.717) is 5.78 Å². The van der Waals surface area contributed by atoms with Crippen molar-refractivity contribution in [3.63, 3.8) is 0 Å². The van der Waals surface area contributed by atoms with Gasteiger partial charge in [0.15, 0.2) is 0 Å². The van der Waals surface area contributed by atoms with Gasteiger partial charge in [-0.25, -0.2) is 14.4 Å². The Balaban J connectivity index is 1.57. The zero-order chi connectivity index (χ0) is 17.2. The van der Waals surface area contributed by atoms with Crippen molar-refractivity contribution in [3.8, 4) is 0 Å². The molecule has 3 heterocycles. The Morgan fingerprint density at radius 1 is 1.16 bits per heavy atom. The molecule has 3 aromatic rings. The number of halogens is 1. The molecule has 2 aromatic heterocycles. The van der Waals surface area contributed by atoms with Gasteiger partial charge in [0.2, 0.25) is 11.7 Å². The highest BCUT2D eigenvalue weighted by atomic mass is 19.1. The van der Waals surface area contributed by atoms with Gasteiger partial charge in [-0.15, -0.1) is 0 Å². The fourth-order valence-corrected chi connectivity index (χ4v) is 3.42. The standard InChI is InChI=1S/C19H19FN4O/c20-15-6-4-14(5-7-15)13-18(25)24-10-2-1-3-17(24)16-8-11-23-12-9-21-19(23)22-16/h4-9,11-12,17H,1-3,10,13H2/t17-/m1/s1. The largest absolute Gasteiger partial charge is 0.334 e. The molecule has 0 radical (unpaired) electrons. The third-order valence-corrected chi connectivity index (χ3v) is 4.72. The van der Waals surface area contributed by atoms with Crippen molar-refractivity contribution in [2.75, 3.05) is 6.54 Å². The van der Waals surface area contributed by atoms with Crippen LogP contribution in [-0.4, -0.2) is 31.7 Å². The first kappa shape index (κ1) is 15.7. The number of hydrogen-bond acceptors (Lipinski definition) is 3. The summed E-state index contributed by atoms with van der Waals surface area (Å²) in [6, 6.07) is 8.06. The van der Waals surface area contributed by atoms with E-state index in [0.717, 1.165) is 37.1 Å². The molecule has 1 aliphatic heterocycles. The fraction of sp³-hybridized carbons (Fsp3) is 0.316. The average molecular weight is 338 g/mol. The quantitative estimate of drug-likeness (QED) is 0.737. The van der Waals surface area contributed by atoms with Crippen LogP contribution in [-0.2, 0) is 11.2 Å². The van der Waals surface area contributed by atoms with Crippen molar-refractivity contribution in [1.29, 1.82) is 0 Å². The number of piperidine rings is 1. The van der Waals surface area contributed by atoms with Gasteiger partial charge in [0, 0.05) is 25.1 Å². The summed E-state index contributed by atoms with van der Waals surface area (Å²) < 4.78 is 14.9. The summed E-state index contributed by atoms with van der Waals surface area (Å²) in [5.74, 6) is 0.416. The number of rotatable bonds is 3. The van der Waals surface area contributed by atoms with Gasteiger partial charge in [0.1, 0.15) is 5.82 Å². The van der Waals surface area contributed by atoms with Crippen LogP contribution in [0.15, 0.2) is 48.9 Å². The number of nitrogens with zero attached hydrogens (tertiary/aromatic N) is 4. The van der Waals surface area contributed by atoms with Gasteiger partial charge in [0.25, 0.3) is 0 Å². The van der Waals surface area contributed by atoms with Crippen molar-refractivity contribution >= 4 is 11.7 Å². The second-order valence-electron chi connectivity index (χ2n) is 6.39. The molecule has 1 amide bonds. The number of likely N-dealkylation sites (tertiary alicyclic amines) is 1. The SMILES string of the molecule is O=C(Cc1ccc(F)cc1)N1CCCC[C@@H]1c1ccn2ccnc2n1. The lowest BCUT2D eigenvalue weighted by Crippen LogP contribution is -2.39. The predicted molar refractivity (Wildman–Crippen MR) is 91.4 cm³/mol. The van der Waals surface area contributed by atoms with Gasteiger partial charge in [-0.3, -0.25) is 9.20 Å². The Kier molecular flexibility index (Phi) is 4.17. The first-order valence-corrected chi connectivity index (χ1v) is 8.54. The molecule has 128 valence electrons. The Hall–Kier alpha value is -2.76. The predicted octanol–water partition coefficient (Wildman–Crippen LogP) is 3.16. The molecule has 25 heavy (non-hydrogen) atoms. The zero-order valence-corrected chi connectivity index (χ0v) is 13.8. The molecule has 6 heteroatoms. The minimum atomic E-state index is -0.288. The van der Waals surface area contributed by atoms with Crippen molar-refractivity contribution < 1.29 is 9.18 Å². The number of carbonyl (C=O) groups excluding carboxylic acids is 1. The van der Waals surface area contributed by atoms with Crippen LogP contribution in [0.5, 0.6) is 0 Å². The molecule has 0 N–H and O–H groups in total. The number of aromatic nitrogens is 3. The maximum absolute atomic E-state index is 13.1. The van der Waals surface area contributed by atoms with Crippen LogP contribution in [0.25, 0.3) is 5.78 Å². The lowest BCUT2D eigenvalue weighted by Gasteiger charge is -2.35. The topological polar surface area (TPSA) is 50.5 Å². The number of carbonyl (C=O) groups is 1. The molecule has 1 aromatic carbocycles. The summed E-state index contributed by atoms with van der Waals surface area (Å²) in [6.07, 6.45) is 8.75. The van der Waals surface area contributed by atoms with Crippen LogP contribution in [0.2, 0.25) is 0 Å². The van der Waals surface area contributed by atoms with Gasteiger partial charge < -0.3 is 4.90 Å². The molecule has 1 saturated heterocycles. The van der Waals surface area contributed by atoms with Crippen molar-refractivity contribution in [3.05, 3.63) is 66.0 Å². The third kappa shape index (κ3) is 3.24. The van der Waals surface area contributed by atoms with Crippen molar-refractivity contribution in [2.45, 2.75) is 31.7 Å². The van der Waals surface area contributed by atoms with E-state index in [1.165, 1.54) is 12.1 Å². The van der Waals surface area contributed by atoms with Crippen molar-refractivity contribution in [1.82, 2.24) is 19.3 Å². The van der Waals surface area contributed by atoms with Crippen LogP contribution in [0.1, 0.15) is 36.6 Å². The Morgan fingerprint density at radius 2 is 2.00 bits per heavy atom. The smallest absolute Gasteiger partial charge is 0.233 e. The first-order chi connectivity index (χ1) is 12.2. The van der Waals surface area contributed by atoms with Gasteiger partial charge in [-0.05, 0) is 43.0 Å². The van der Waals surface area contributed by atoms with E-state index in [2.05, 4.69) is 9.97 Å². The number of fused-ring (bicyclic) bond motifs is 1. The van der Waals surface area contributed by atoms with Crippen LogP contribution in [0.4, 0.5) is 4.39 Å². The monoisotopic (exact) mass is 338 g/mol. The first-order valence-electron chi connectivity index (χ1n) is 8.54. The van der Waals surface area contributed by atoms with Gasteiger partial charge in [-0.1, -0.05) is 12.1 Å². The second-order valence-corrected chi connectivity index (χ2v) is 6.39. The summed E-state index contributed by atoms with van der Waals surface area (Å²) in [5, 5.41) is 0. The van der Waals surface area contributed by atoms with Gasteiger partial charge in [0.05, 0.1) is 18.2 Å². The van der Waals surface area contributed by atoms with Gasteiger partial charge in [-0.2, -0.15) is 0 Å². The number of benzene rings is 1. The summed E-state index contributed by atoms with van der Waals surface area (Å²) in [6.45, 7) is 0.728. The Morgan fingerprint density at radius 3 is 2.84 bits per heavy atom. The lowest BCUT2D eigenvalue weighted by atomic mass is 9.98. The Labute approximate surface area is 145 Å². The fourth-order valence-electron chi connectivity index (χ4n) is 3.42. The molecule has 4 rings (SSSR count). The Bertz CT molecular complexity index is 890.